The maximum atomic E-state index is 13.7. The minimum atomic E-state index is -1.95. The summed E-state index contributed by atoms with van der Waals surface area (Å²) in [6.07, 6.45) is 0.214. The average molecular weight is 520 g/mol. The molecule has 6 N–H and O–H groups in total. The van der Waals surface area contributed by atoms with E-state index < -0.39 is 43.3 Å². The van der Waals surface area contributed by atoms with Crippen LogP contribution in [-0.4, -0.2) is 76.7 Å². The Bertz CT molecular complexity index is 1070. The van der Waals surface area contributed by atoms with Crippen molar-refractivity contribution in [3.63, 3.8) is 0 Å². The van der Waals surface area contributed by atoms with E-state index in [4.69, 9.17) is 14.7 Å². The van der Waals surface area contributed by atoms with Gasteiger partial charge in [0.2, 0.25) is 12.2 Å². The summed E-state index contributed by atoms with van der Waals surface area (Å²) in [5.74, 6) is -0.439. The predicted molar refractivity (Wildman–Crippen MR) is 138 cm³/mol. The third kappa shape index (κ3) is 8.19. The first-order chi connectivity index (χ1) is 17.8. The first-order valence-electron chi connectivity index (χ1n) is 12.6. The molecule has 1 aliphatic rings. The van der Waals surface area contributed by atoms with Gasteiger partial charge in [-0.15, -0.1) is 0 Å². The Balaban J connectivity index is 1.28. The summed E-state index contributed by atoms with van der Waals surface area (Å²) in [6, 6.07) is 8.34. The standard InChI is InChI=1S/C27H38FN3O6/c1-17(8-5-6-14-29-15-13-19-18(2)30-21-11-4-3-10-20(19)21)9-7-12-23(33)31-37-27-26(35)25(34)24(28)22(16-32)36-27/h3-6,8,10-11,22,24-27,29-30,32,34-35H,7,9,12-16H2,1-2H3,(H,31,33)/b6-5+,17-8+/t22-,24+,25+,26-,27+/m1/s1. The fraction of sp³-hybridized carbons (Fsp3) is 0.519. The van der Waals surface area contributed by atoms with Crippen molar-refractivity contribution in [2.24, 2.45) is 0 Å². The fourth-order valence-corrected chi connectivity index (χ4v) is 4.28. The average Bonchev–Trinajstić information content (AvgIpc) is 3.21. The number of aryl methyl sites for hydroxylation is 1. The normalized spacial score (nSPS) is 24.7. The van der Waals surface area contributed by atoms with Gasteiger partial charge < -0.3 is 30.4 Å². The van der Waals surface area contributed by atoms with E-state index in [0.29, 0.717) is 12.8 Å². The van der Waals surface area contributed by atoms with Gasteiger partial charge in [-0.25, -0.2) is 14.7 Å². The lowest BCUT2D eigenvalue weighted by atomic mass is 10.0. The van der Waals surface area contributed by atoms with E-state index in [0.717, 1.165) is 25.1 Å². The molecule has 0 spiro atoms. The maximum Gasteiger partial charge on any atom is 0.243 e. The number of ether oxygens (including phenoxy) is 1. The summed E-state index contributed by atoms with van der Waals surface area (Å²) in [4.78, 5) is 20.4. The zero-order chi connectivity index (χ0) is 26.8. The van der Waals surface area contributed by atoms with Crippen LogP contribution in [0.1, 0.15) is 37.4 Å². The van der Waals surface area contributed by atoms with Crippen molar-refractivity contribution in [3.05, 3.63) is 59.3 Å². The Kier molecular flexibility index (Phi) is 11.2. The second kappa shape index (κ2) is 14.4. The lowest BCUT2D eigenvalue weighted by Gasteiger charge is -2.37. The maximum absolute atomic E-state index is 13.7. The van der Waals surface area contributed by atoms with E-state index in [1.807, 2.05) is 25.1 Å². The highest BCUT2D eigenvalue weighted by atomic mass is 19.1. The zero-order valence-electron chi connectivity index (χ0n) is 21.3. The molecule has 0 saturated carbocycles. The number of hydrogen-bond acceptors (Lipinski definition) is 7. The minimum absolute atomic E-state index is 0.171. The number of para-hydroxylation sites is 1. The van der Waals surface area contributed by atoms with Gasteiger partial charge in [-0.05, 0) is 51.3 Å². The Morgan fingerprint density at radius 1 is 1.24 bits per heavy atom. The molecule has 1 aliphatic heterocycles. The van der Waals surface area contributed by atoms with E-state index in [-0.39, 0.29) is 6.42 Å². The number of benzene rings is 1. The number of aliphatic hydroxyl groups excluding tert-OH is 3. The van der Waals surface area contributed by atoms with E-state index in [1.165, 1.54) is 22.2 Å². The number of halogens is 1. The summed E-state index contributed by atoms with van der Waals surface area (Å²) in [5.41, 5.74) is 7.00. The molecule has 2 heterocycles. The lowest BCUT2D eigenvalue weighted by molar-refractivity contribution is -0.304. The van der Waals surface area contributed by atoms with Crippen LogP contribution in [0.5, 0.6) is 0 Å². The highest BCUT2D eigenvalue weighted by molar-refractivity contribution is 5.84. The molecule has 1 fully saturated rings. The quantitative estimate of drug-likeness (QED) is 0.136. The second-order valence-electron chi connectivity index (χ2n) is 9.32. The Morgan fingerprint density at radius 3 is 2.81 bits per heavy atom. The van der Waals surface area contributed by atoms with Crippen molar-refractivity contribution in [2.75, 3.05) is 19.7 Å². The third-order valence-electron chi connectivity index (χ3n) is 6.42. The topological polar surface area (TPSA) is 136 Å². The molecule has 1 aromatic carbocycles. The zero-order valence-corrected chi connectivity index (χ0v) is 21.3. The molecule has 37 heavy (non-hydrogen) atoms. The van der Waals surface area contributed by atoms with Crippen LogP contribution in [0.2, 0.25) is 0 Å². The Labute approximate surface area is 216 Å². The van der Waals surface area contributed by atoms with Crippen LogP contribution < -0.4 is 10.8 Å². The molecule has 1 amide bonds. The number of hydroxylamine groups is 1. The highest BCUT2D eigenvalue weighted by Gasteiger charge is 2.45. The number of fused-ring (bicyclic) bond motifs is 1. The first-order valence-corrected chi connectivity index (χ1v) is 12.6. The number of alkyl halides is 1. The van der Waals surface area contributed by atoms with Gasteiger partial charge in [0.25, 0.3) is 0 Å². The number of carbonyl (C=O) groups excluding carboxylic acids is 1. The molecule has 2 aromatic rings. The molecule has 0 unspecified atom stereocenters. The van der Waals surface area contributed by atoms with Crippen LogP contribution in [0.25, 0.3) is 10.9 Å². The number of rotatable bonds is 13. The van der Waals surface area contributed by atoms with Gasteiger partial charge in [-0.3, -0.25) is 4.79 Å². The van der Waals surface area contributed by atoms with E-state index >= 15 is 0 Å². The van der Waals surface area contributed by atoms with Crippen LogP contribution in [0.3, 0.4) is 0 Å². The number of hydrogen-bond donors (Lipinski definition) is 6. The number of H-pyrrole nitrogens is 1. The number of aromatic nitrogens is 1. The number of aromatic amines is 1. The van der Waals surface area contributed by atoms with Crippen molar-refractivity contribution < 1.29 is 34.1 Å². The van der Waals surface area contributed by atoms with Gasteiger partial charge in [-0.1, -0.05) is 42.0 Å². The highest BCUT2D eigenvalue weighted by Crippen LogP contribution is 2.24. The first kappa shape index (κ1) is 29.0. The van der Waals surface area contributed by atoms with Crippen LogP contribution in [0, 0.1) is 6.92 Å². The summed E-state index contributed by atoms with van der Waals surface area (Å²) >= 11 is 0. The van der Waals surface area contributed by atoms with Crippen molar-refractivity contribution >= 4 is 16.8 Å². The molecule has 204 valence electrons. The number of nitrogens with one attached hydrogen (secondary N) is 3. The SMILES string of the molecule is C/C(=C\C=C\CNCCc1c(C)[nH]c2ccccc12)CCCC(=O)NO[C@@H]1O[C@H](CO)[C@H](F)[C@H](O)[C@H]1O. The van der Waals surface area contributed by atoms with E-state index in [9.17, 15) is 19.4 Å². The van der Waals surface area contributed by atoms with Crippen LogP contribution in [0.15, 0.2) is 48.1 Å². The molecule has 0 bridgehead atoms. The fourth-order valence-electron chi connectivity index (χ4n) is 4.28. The summed E-state index contributed by atoms with van der Waals surface area (Å²) in [7, 11) is 0. The van der Waals surface area contributed by atoms with Gasteiger partial charge in [0.15, 0.2) is 6.17 Å². The molecule has 1 aromatic heterocycles. The molecule has 0 aliphatic carbocycles. The van der Waals surface area contributed by atoms with Crippen molar-refractivity contribution in [3.8, 4) is 0 Å². The Hall–Kier alpha value is -2.60. The van der Waals surface area contributed by atoms with Crippen molar-refractivity contribution in [2.45, 2.75) is 70.3 Å². The van der Waals surface area contributed by atoms with Crippen molar-refractivity contribution in [1.29, 1.82) is 0 Å². The van der Waals surface area contributed by atoms with Crippen LogP contribution in [-0.2, 0) is 20.8 Å². The molecule has 9 nitrogen and oxygen atoms in total. The summed E-state index contributed by atoms with van der Waals surface area (Å²) < 4.78 is 18.8. The molecular weight excluding hydrogens is 481 g/mol. The number of carbonyl (C=O) groups is 1. The monoisotopic (exact) mass is 519 g/mol. The molecular formula is C27H38FN3O6. The molecule has 3 rings (SSSR count). The number of amides is 1. The van der Waals surface area contributed by atoms with Crippen LogP contribution in [0.4, 0.5) is 4.39 Å². The second-order valence-corrected chi connectivity index (χ2v) is 9.32. The van der Waals surface area contributed by atoms with E-state index in [2.05, 4.69) is 47.0 Å². The van der Waals surface area contributed by atoms with Crippen LogP contribution >= 0.6 is 0 Å². The molecule has 0 radical (unpaired) electrons. The predicted octanol–water partition coefficient (Wildman–Crippen LogP) is 2.11. The van der Waals surface area contributed by atoms with Gasteiger partial charge in [-0.2, -0.15) is 0 Å². The smallest absolute Gasteiger partial charge is 0.243 e. The molecule has 5 atom stereocenters. The van der Waals surface area contributed by atoms with Gasteiger partial charge in [0, 0.05) is 29.6 Å². The largest absolute Gasteiger partial charge is 0.394 e. The Morgan fingerprint density at radius 2 is 2.03 bits per heavy atom. The summed E-state index contributed by atoms with van der Waals surface area (Å²) in [5, 5.41) is 33.3. The number of allylic oxidation sites excluding steroid dienone is 3. The molecule has 1 saturated heterocycles. The van der Waals surface area contributed by atoms with Gasteiger partial charge >= 0.3 is 0 Å². The third-order valence-corrected chi connectivity index (χ3v) is 6.42. The summed E-state index contributed by atoms with van der Waals surface area (Å²) in [6.45, 7) is 5.04. The van der Waals surface area contributed by atoms with Gasteiger partial charge in [0.05, 0.1) is 6.61 Å². The number of aliphatic hydroxyl groups is 3. The van der Waals surface area contributed by atoms with E-state index in [1.54, 1.807) is 0 Å². The molecule has 10 heteroatoms. The van der Waals surface area contributed by atoms with Crippen molar-refractivity contribution in [1.82, 2.24) is 15.8 Å². The minimum Gasteiger partial charge on any atom is -0.394 e. The van der Waals surface area contributed by atoms with Gasteiger partial charge in [0.1, 0.15) is 18.3 Å². The lowest BCUT2D eigenvalue weighted by Crippen LogP contribution is -2.58.